The van der Waals surface area contributed by atoms with E-state index in [-0.39, 0.29) is 5.56 Å². The van der Waals surface area contributed by atoms with Crippen LogP contribution in [-0.2, 0) is 4.74 Å². The van der Waals surface area contributed by atoms with Crippen molar-refractivity contribution in [1.82, 2.24) is 9.55 Å². The molecule has 1 fully saturated rings. The summed E-state index contributed by atoms with van der Waals surface area (Å²) in [5, 5.41) is 30.2. The van der Waals surface area contributed by atoms with Crippen molar-refractivity contribution in [3.8, 4) is 0 Å². The first-order valence-electron chi connectivity index (χ1n) is 6.10. The summed E-state index contributed by atoms with van der Waals surface area (Å²) in [6.45, 7) is 1.50. The van der Waals surface area contributed by atoms with Crippen molar-refractivity contribution in [3.05, 3.63) is 44.8 Å². The lowest BCUT2D eigenvalue weighted by Gasteiger charge is -2.24. The van der Waals surface area contributed by atoms with Crippen LogP contribution in [0.15, 0.2) is 27.9 Å². The Morgan fingerprint density at radius 3 is 2.75 bits per heavy atom. The van der Waals surface area contributed by atoms with Gasteiger partial charge in [-0.1, -0.05) is 6.08 Å². The second kappa shape index (κ2) is 4.13. The van der Waals surface area contributed by atoms with Gasteiger partial charge in [0.25, 0.3) is 5.56 Å². The molecule has 1 aliphatic carbocycles. The maximum atomic E-state index is 11.8. The van der Waals surface area contributed by atoms with Crippen molar-refractivity contribution in [3.63, 3.8) is 0 Å². The number of aryl methyl sites for hydroxylation is 1. The second-order valence-corrected chi connectivity index (χ2v) is 5.11. The molecule has 0 unspecified atom stereocenters. The first-order chi connectivity index (χ1) is 9.34. The number of hydrogen-bond acceptors (Lipinski definition) is 6. The summed E-state index contributed by atoms with van der Waals surface area (Å²) in [4.78, 5) is 25.2. The van der Waals surface area contributed by atoms with Crippen LogP contribution in [0.5, 0.6) is 0 Å². The molecule has 1 saturated heterocycles. The van der Waals surface area contributed by atoms with Gasteiger partial charge in [0, 0.05) is 11.8 Å². The van der Waals surface area contributed by atoms with Crippen LogP contribution >= 0.6 is 0 Å². The van der Waals surface area contributed by atoms with Crippen LogP contribution in [0, 0.1) is 6.92 Å². The Morgan fingerprint density at radius 2 is 2.10 bits per heavy atom. The van der Waals surface area contributed by atoms with Crippen LogP contribution < -0.4 is 11.2 Å². The zero-order valence-corrected chi connectivity index (χ0v) is 10.6. The lowest BCUT2D eigenvalue weighted by molar-refractivity contribution is -0.0779. The molecule has 3 rings (SSSR count). The van der Waals surface area contributed by atoms with Crippen LogP contribution in [-0.4, -0.2) is 48.8 Å². The maximum absolute atomic E-state index is 11.8. The molecule has 0 bridgehead atoms. The van der Waals surface area contributed by atoms with Gasteiger partial charge in [-0.15, -0.1) is 0 Å². The first-order valence-corrected chi connectivity index (χ1v) is 6.10. The molecule has 1 aromatic rings. The zero-order valence-electron chi connectivity index (χ0n) is 10.6. The number of aliphatic hydroxyl groups excluding tert-OH is 2. The molecule has 4 N–H and O–H groups in total. The Morgan fingerprint density at radius 1 is 1.40 bits per heavy atom. The standard InChI is InChI=1S/C12H14N2O6/c1-5-4-14(11(18)13-9(5)17)10-7(16)12(19)3-2-6(15)8(12)20-10/h2-4,6-8,10,15-16,19H,1H3,(H,13,17,18)/t6-,7+,8-,10-,12+/m1/s1. The molecule has 108 valence electrons. The summed E-state index contributed by atoms with van der Waals surface area (Å²) < 4.78 is 6.40. The molecule has 8 nitrogen and oxygen atoms in total. The summed E-state index contributed by atoms with van der Waals surface area (Å²) in [5.74, 6) is 0. The van der Waals surface area contributed by atoms with Crippen molar-refractivity contribution in [1.29, 1.82) is 0 Å². The van der Waals surface area contributed by atoms with Crippen LogP contribution in [0.3, 0.4) is 0 Å². The number of H-pyrrole nitrogens is 1. The molecule has 5 atom stereocenters. The third-order valence-corrected chi connectivity index (χ3v) is 3.78. The van der Waals surface area contributed by atoms with Crippen molar-refractivity contribution in [2.45, 2.75) is 37.1 Å². The van der Waals surface area contributed by atoms with Crippen molar-refractivity contribution < 1.29 is 20.1 Å². The van der Waals surface area contributed by atoms with Crippen molar-refractivity contribution >= 4 is 0 Å². The van der Waals surface area contributed by atoms with Gasteiger partial charge in [0.05, 0.1) is 0 Å². The van der Waals surface area contributed by atoms with E-state index < -0.39 is 41.4 Å². The van der Waals surface area contributed by atoms with Crippen LogP contribution in [0.25, 0.3) is 0 Å². The number of aromatic nitrogens is 2. The van der Waals surface area contributed by atoms with Gasteiger partial charge < -0.3 is 20.1 Å². The van der Waals surface area contributed by atoms with Crippen molar-refractivity contribution in [2.75, 3.05) is 0 Å². The second-order valence-electron chi connectivity index (χ2n) is 5.11. The molecule has 2 heterocycles. The van der Waals surface area contributed by atoms with Gasteiger partial charge in [0.1, 0.15) is 23.9 Å². The van der Waals surface area contributed by atoms with Crippen LogP contribution in [0.2, 0.25) is 0 Å². The quantitative estimate of drug-likeness (QED) is 0.432. The van der Waals surface area contributed by atoms with E-state index in [2.05, 4.69) is 4.98 Å². The smallest absolute Gasteiger partial charge is 0.330 e. The van der Waals surface area contributed by atoms with E-state index in [9.17, 15) is 24.9 Å². The fourth-order valence-electron chi connectivity index (χ4n) is 2.62. The molecule has 0 radical (unpaired) electrons. The predicted molar refractivity (Wildman–Crippen MR) is 66.1 cm³/mol. The molecule has 8 heteroatoms. The molecule has 0 spiro atoms. The fourth-order valence-corrected chi connectivity index (χ4v) is 2.62. The van der Waals surface area contributed by atoms with Gasteiger partial charge in [0.2, 0.25) is 0 Å². The maximum Gasteiger partial charge on any atom is 0.330 e. The summed E-state index contributed by atoms with van der Waals surface area (Å²) in [5.41, 5.74) is -2.78. The Kier molecular flexibility index (Phi) is 2.73. The van der Waals surface area contributed by atoms with Crippen LogP contribution in [0.4, 0.5) is 0 Å². The van der Waals surface area contributed by atoms with Gasteiger partial charge in [-0.2, -0.15) is 0 Å². The predicted octanol–water partition coefficient (Wildman–Crippen LogP) is -2.23. The van der Waals surface area contributed by atoms with E-state index in [0.29, 0.717) is 0 Å². The number of nitrogens with one attached hydrogen (secondary N) is 1. The molecular weight excluding hydrogens is 268 g/mol. The Bertz CT molecular complexity index is 692. The Labute approximate surface area is 112 Å². The van der Waals surface area contributed by atoms with E-state index in [1.807, 2.05) is 0 Å². The van der Waals surface area contributed by atoms with Gasteiger partial charge in [-0.05, 0) is 13.0 Å². The first kappa shape index (κ1) is 13.3. The van der Waals surface area contributed by atoms with E-state index in [1.54, 1.807) is 0 Å². The number of nitrogens with zero attached hydrogens (tertiary/aromatic N) is 1. The third-order valence-electron chi connectivity index (χ3n) is 3.78. The van der Waals surface area contributed by atoms with E-state index in [1.165, 1.54) is 25.3 Å². The van der Waals surface area contributed by atoms with Gasteiger partial charge in [0.15, 0.2) is 6.23 Å². The number of fused-ring (bicyclic) bond motifs is 1. The van der Waals surface area contributed by atoms with Gasteiger partial charge in [-0.25, -0.2) is 4.79 Å². The number of hydrogen-bond donors (Lipinski definition) is 4. The number of aliphatic hydroxyl groups is 3. The zero-order chi connectivity index (χ0) is 14.7. The van der Waals surface area contributed by atoms with E-state index in [4.69, 9.17) is 4.74 Å². The summed E-state index contributed by atoms with van der Waals surface area (Å²) >= 11 is 0. The summed E-state index contributed by atoms with van der Waals surface area (Å²) in [6.07, 6.45) is -0.922. The molecule has 20 heavy (non-hydrogen) atoms. The molecule has 0 aromatic carbocycles. The summed E-state index contributed by atoms with van der Waals surface area (Å²) in [7, 11) is 0. The lowest BCUT2D eigenvalue weighted by atomic mass is 9.95. The van der Waals surface area contributed by atoms with E-state index >= 15 is 0 Å². The molecule has 1 aliphatic heterocycles. The number of ether oxygens (including phenoxy) is 1. The number of aromatic amines is 1. The topological polar surface area (TPSA) is 125 Å². The third kappa shape index (κ3) is 1.63. The highest BCUT2D eigenvalue weighted by Gasteiger charge is 2.59. The van der Waals surface area contributed by atoms with Gasteiger partial charge >= 0.3 is 5.69 Å². The van der Waals surface area contributed by atoms with E-state index in [0.717, 1.165) is 4.57 Å². The minimum Gasteiger partial charge on any atom is -0.386 e. The minimum absolute atomic E-state index is 0.264. The fraction of sp³-hybridized carbons (Fsp3) is 0.500. The lowest BCUT2D eigenvalue weighted by Crippen LogP contribution is -2.47. The molecular formula is C12H14N2O6. The highest BCUT2D eigenvalue weighted by Crippen LogP contribution is 2.42. The highest BCUT2D eigenvalue weighted by molar-refractivity contribution is 5.25. The highest BCUT2D eigenvalue weighted by atomic mass is 16.6. The Hall–Kier alpha value is -1.74. The monoisotopic (exact) mass is 282 g/mol. The SMILES string of the molecule is Cc1cn([C@@H]2O[C@@H]3[C@H](O)C=C[C@]3(O)[C@H]2O)c(=O)[nH]c1=O. The Balaban J connectivity index is 2.06. The largest absolute Gasteiger partial charge is 0.386 e. The molecule has 0 amide bonds. The molecule has 0 saturated carbocycles. The average molecular weight is 282 g/mol. The van der Waals surface area contributed by atoms with Crippen molar-refractivity contribution in [2.24, 2.45) is 0 Å². The molecule has 2 aliphatic rings. The molecule has 1 aromatic heterocycles. The van der Waals surface area contributed by atoms with Gasteiger partial charge in [-0.3, -0.25) is 14.3 Å². The minimum atomic E-state index is -1.76. The normalized spacial score (nSPS) is 39.2. The summed E-state index contributed by atoms with van der Waals surface area (Å²) in [6, 6.07) is 0. The van der Waals surface area contributed by atoms with Crippen LogP contribution in [0.1, 0.15) is 11.8 Å². The number of rotatable bonds is 1. The average Bonchev–Trinajstić information content (AvgIpc) is 2.81.